The minimum atomic E-state index is -4.78. The first-order valence-electron chi connectivity index (χ1n) is 5.63. The summed E-state index contributed by atoms with van der Waals surface area (Å²) in [6.07, 6.45) is -4.78. The molecule has 1 aromatic rings. The van der Waals surface area contributed by atoms with Crippen molar-refractivity contribution < 1.29 is 35.8 Å². The monoisotopic (exact) mass is 331 g/mol. The number of hydrogen-bond donors (Lipinski definition) is 1. The van der Waals surface area contributed by atoms with Crippen molar-refractivity contribution >= 4 is 10.0 Å². The molecule has 0 aliphatic heterocycles. The number of alkyl halides is 3. The second kappa shape index (κ2) is 6.58. The van der Waals surface area contributed by atoms with E-state index in [9.17, 15) is 26.0 Å². The summed E-state index contributed by atoms with van der Waals surface area (Å²) in [5.74, 6) is -1.26. The Hall–Kier alpha value is -1.39. The molecule has 0 aliphatic rings. The zero-order valence-electron chi connectivity index (χ0n) is 10.9. The zero-order valence-corrected chi connectivity index (χ0v) is 11.7. The smallest absolute Gasteiger partial charge is 0.402 e. The Labute approximate surface area is 118 Å². The first-order chi connectivity index (χ1) is 9.61. The first-order valence-corrected chi connectivity index (χ1v) is 7.07. The van der Waals surface area contributed by atoms with Crippen molar-refractivity contribution in [2.75, 3.05) is 26.8 Å². The highest BCUT2D eigenvalue weighted by Crippen LogP contribution is 2.25. The number of aliphatic hydroxyl groups excluding tert-OH is 1. The normalized spacial score (nSPS) is 12.7. The van der Waals surface area contributed by atoms with Gasteiger partial charge >= 0.3 is 6.18 Å². The van der Waals surface area contributed by atoms with Crippen LogP contribution in [0.1, 0.15) is 0 Å². The van der Waals surface area contributed by atoms with E-state index < -0.39 is 46.6 Å². The molecule has 1 N–H and O–H groups in total. The van der Waals surface area contributed by atoms with E-state index in [0.29, 0.717) is 6.07 Å². The number of nitrogens with zero attached hydrogens (tertiary/aromatic N) is 1. The molecule has 0 atom stereocenters. The Morgan fingerprint density at radius 2 is 1.95 bits per heavy atom. The van der Waals surface area contributed by atoms with Crippen LogP contribution < -0.4 is 4.74 Å². The van der Waals surface area contributed by atoms with Crippen molar-refractivity contribution in [3.05, 3.63) is 24.0 Å². The molecular weight excluding hydrogens is 318 g/mol. The summed E-state index contributed by atoms with van der Waals surface area (Å²) >= 11 is 0. The van der Waals surface area contributed by atoms with Crippen molar-refractivity contribution in [2.45, 2.75) is 11.1 Å². The molecule has 0 radical (unpaired) electrons. The Morgan fingerprint density at radius 3 is 2.38 bits per heavy atom. The average Bonchev–Trinajstić information content (AvgIpc) is 2.36. The van der Waals surface area contributed by atoms with E-state index in [1.54, 1.807) is 0 Å². The molecular formula is C11H13F4NO4S. The van der Waals surface area contributed by atoms with Crippen LogP contribution in [-0.2, 0) is 10.0 Å². The maximum Gasteiger partial charge on any atom is 0.402 e. The second-order valence-corrected chi connectivity index (χ2v) is 5.91. The van der Waals surface area contributed by atoms with Gasteiger partial charge < -0.3 is 9.84 Å². The largest absolute Gasteiger partial charge is 0.494 e. The number of ether oxygens (including phenoxy) is 1. The van der Waals surface area contributed by atoms with Crippen LogP contribution in [0.25, 0.3) is 0 Å². The predicted molar refractivity (Wildman–Crippen MR) is 64.9 cm³/mol. The van der Waals surface area contributed by atoms with Gasteiger partial charge in [0.15, 0.2) is 11.6 Å². The number of benzene rings is 1. The van der Waals surface area contributed by atoms with E-state index in [-0.39, 0.29) is 10.1 Å². The fraction of sp³-hybridized carbons (Fsp3) is 0.455. The molecule has 1 aromatic carbocycles. The molecule has 0 unspecified atom stereocenters. The topological polar surface area (TPSA) is 66.8 Å². The highest BCUT2D eigenvalue weighted by atomic mass is 32.2. The van der Waals surface area contributed by atoms with E-state index in [0.717, 1.165) is 19.2 Å². The van der Waals surface area contributed by atoms with Crippen LogP contribution in [0.2, 0.25) is 0 Å². The van der Waals surface area contributed by atoms with Gasteiger partial charge in [-0.3, -0.25) is 0 Å². The number of aliphatic hydroxyl groups is 1. The third-order valence-corrected chi connectivity index (χ3v) is 4.31. The summed E-state index contributed by atoms with van der Waals surface area (Å²) in [5, 5.41) is 8.71. The second-order valence-electron chi connectivity index (χ2n) is 3.97. The minimum absolute atomic E-state index is 0.0360. The molecule has 0 heterocycles. The molecule has 5 nitrogen and oxygen atoms in total. The van der Waals surface area contributed by atoms with E-state index in [1.165, 1.54) is 0 Å². The average molecular weight is 331 g/mol. The summed E-state index contributed by atoms with van der Waals surface area (Å²) in [4.78, 5) is -0.654. The van der Waals surface area contributed by atoms with Crippen molar-refractivity contribution in [2.24, 2.45) is 0 Å². The third kappa shape index (κ3) is 4.55. The molecule has 0 fully saturated rings. The van der Waals surface area contributed by atoms with Crippen LogP contribution in [0.5, 0.6) is 5.75 Å². The Kier molecular flexibility index (Phi) is 5.54. The summed E-state index contributed by atoms with van der Waals surface area (Å²) < 4.78 is 79.4. The van der Waals surface area contributed by atoms with Gasteiger partial charge in [-0.25, -0.2) is 12.8 Å². The van der Waals surface area contributed by atoms with E-state index in [2.05, 4.69) is 4.74 Å². The van der Waals surface area contributed by atoms with Crippen LogP contribution in [-0.4, -0.2) is 50.8 Å². The number of rotatable bonds is 6. The quantitative estimate of drug-likeness (QED) is 0.800. The lowest BCUT2D eigenvalue weighted by molar-refractivity contribution is -0.136. The fourth-order valence-electron chi connectivity index (χ4n) is 1.55. The van der Waals surface area contributed by atoms with Gasteiger partial charge in [-0.1, -0.05) is 0 Å². The first kappa shape index (κ1) is 17.7. The maximum atomic E-state index is 13.5. The van der Waals surface area contributed by atoms with Crippen molar-refractivity contribution in [3.63, 3.8) is 0 Å². The van der Waals surface area contributed by atoms with Crippen molar-refractivity contribution in [1.82, 2.24) is 4.31 Å². The van der Waals surface area contributed by atoms with Gasteiger partial charge in [0.1, 0.15) is 6.54 Å². The molecule has 0 spiro atoms. The summed E-state index contributed by atoms with van der Waals surface area (Å²) in [6.45, 7) is -3.33. The SMILES string of the molecule is COc1ccc(S(=O)(=O)N(CCO)CC(F)(F)F)cc1F. The van der Waals surface area contributed by atoms with Crippen LogP contribution in [0, 0.1) is 5.82 Å². The molecule has 1 rings (SSSR count). The highest BCUT2D eigenvalue weighted by Gasteiger charge is 2.37. The number of hydrogen-bond acceptors (Lipinski definition) is 4. The van der Waals surface area contributed by atoms with Crippen molar-refractivity contribution in [3.8, 4) is 5.75 Å². The van der Waals surface area contributed by atoms with Gasteiger partial charge in [0.2, 0.25) is 10.0 Å². The van der Waals surface area contributed by atoms with Crippen LogP contribution in [0.3, 0.4) is 0 Å². The van der Waals surface area contributed by atoms with Gasteiger partial charge in [0.05, 0.1) is 18.6 Å². The third-order valence-electron chi connectivity index (χ3n) is 2.47. The molecule has 0 saturated heterocycles. The number of halogens is 4. The van der Waals surface area contributed by atoms with Gasteiger partial charge in [-0.15, -0.1) is 0 Å². The molecule has 21 heavy (non-hydrogen) atoms. The molecule has 0 saturated carbocycles. The minimum Gasteiger partial charge on any atom is -0.494 e. The molecule has 0 aliphatic carbocycles. The van der Waals surface area contributed by atoms with Gasteiger partial charge in [-0.2, -0.15) is 17.5 Å². The van der Waals surface area contributed by atoms with Gasteiger partial charge in [0.25, 0.3) is 0 Å². The fourth-order valence-corrected chi connectivity index (χ4v) is 2.98. The zero-order chi connectivity index (χ0) is 16.3. The summed E-state index contributed by atoms with van der Waals surface area (Å²) in [7, 11) is -3.43. The predicted octanol–water partition coefficient (Wildman–Crippen LogP) is 1.38. The van der Waals surface area contributed by atoms with Gasteiger partial charge in [-0.05, 0) is 18.2 Å². The standard InChI is InChI=1S/C11H13F4NO4S/c1-20-10-3-2-8(6-9(10)12)21(18,19)16(4-5-17)7-11(13,14)15/h2-3,6,17H,4-5,7H2,1H3. The van der Waals surface area contributed by atoms with Crippen LogP contribution in [0.15, 0.2) is 23.1 Å². The molecule has 0 amide bonds. The highest BCUT2D eigenvalue weighted by molar-refractivity contribution is 7.89. The summed E-state index contributed by atoms with van der Waals surface area (Å²) in [5.41, 5.74) is 0. The van der Waals surface area contributed by atoms with E-state index in [1.807, 2.05) is 0 Å². The lowest BCUT2D eigenvalue weighted by Gasteiger charge is -2.22. The Bertz CT molecular complexity index is 588. The lowest BCUT2D eigenvalue weighted by atomic mass is 10.3. The van der Waals surface area contributed by atoms with Crippen LogP contribution in [0.4, 0.5) is 17.6 Å². The maximum absolute atomic E-state index is 13.5. The Morgan fingerprint density at radius 1 is 1.33 bits per heavy atom. The Balaban J connectivity index is 3.19. The lowest BCUT2D eigenvalue weighted by Crippen LogP contribution is -2.40. The number of sulfonamides is 1. The summed E-state index contributed by atoms with van der Waals surface area (Å²) in [6, 6.07) is 2.49. The van der Waals surface area contributed by atoms with Crippen molar-refractivity contribution in [1.29, 1.82) is 0 Å². The molecule has 10 heteroatoms. The molecule has 0 aromatic heterocycles. The molecule has 0 bridgehead atoms. The van der Waals surface area contributed by atoms with E-state index >= 15 is 0 Å². The van der Waals surface area contributed by atoms with Crippen LogP contribution >= 0.6 is 0 Å². The number of methoxy groups -OCH3 is 1. The molecule has 120 valence electrons. The van der Waals surface area contributed by atoms with Gasteiger partial charge in [0, 0.05) is 6.54 Å². The van der Waals surface area contributed by atoms with E-state index in [4.69, 9.17) is 5.11 Å².